The average molecular weight is 385 g/mol. The number of nitrogens with one attached hydrogen (secondary N) is 2. The molecule has 0 saturated heterocycles. The molecule has 2 aromatic rings. The molecule has 0 heterocycles. The first kappa shape index (κ1) is 20.6. The van der Waals surface area contributed by atoms with Crippen molar-refractivity contribution < 1.29 is 23.5 Å². The van der Waals surface area contributed by atoms with E-state index in [2.05, 4.69) is 22.4 Å². The number of hydrazone groups is 1. The highest BCUT2D eigenvalue weighted by molar-refractivity contribution is 6.35. The van der Waals surface area contributed by atoms with Crippen LogP contribution in [0.25, 0.3) is 0 Å². The Morgan fingerprint density at radius 3 is 2.61 bits per heavy atom. The summed E-state index contributed by atoms with van der Waals surface area (Å²) in [5.41, 5.74) is 3.42. The van der Waals surface area contributed by atoms with E-state index in [1.807, 2.05) is 0 Å². The van der Waals surface area contributed by atoms with Crippen molar-refractivity contribution in [2.75, 3.05) is 13.7 Å². The summed E-state index contributed by atoms with van der Waals surface area (Å²) in [6.07, 6.45) is 2.79. The van der Waals surface area contributed by atoms with Crippen LogP contribution < -0.4 is 20.2 Å². The van der Waals surface area contributed by atoms with Gasteiger partial charge in [-0.2, -0.15) is 5.10 Å². The molecule has 2 N–H and O–H groups in total. The second-order valence-corrected chi connectivity index (χ2v) is 5.49. The lowest BCUT2D eigenvalue weighted by molar-refractivity contribution is -0.139. The minimum atomic E-state index is -0.908. The fourth-order valence-electron chi connectivity index (χ4n) is 2.14. The van der Waals surface area contributed by atoms with Gasteiger partial charge in [0.1, 0.15) is 12.4 Å². The summed E-state index contributed by atoms with van der Waals surface area (Å²) >= 11 is 0. The van der Waals surface area contributed by atoms with E-state index in [1.165, 1.54) is 31.5 Å². The molecule has 0 unspecified atom stereocenters. The topological polar surface area (TPSA) is 89.0 Å². The zero-order valence-corrected chi connectivity index (χ0v) is 15.3. The van der Waals surface area contributed by atoms with Gasteiger partial charge in [0.05, 0.1) is 13.3 Å². The Labute approximate surface area is 161 Å². The zero-order chi connectivity index (χ0) is 20.4. The monoisotopic (exact) mass is 385 g/mol. The molecule has 8 heteroatoms. The lowest BCUT2D eigenvalue weighted by Gasteiger charge is -2.13. The molecule has 0 bridgehead atoms. The van der Waals surface area contributed by atoms with E-state index >= 15 is 0 Å². The number of carbonyl (C=O) groups excluding carboxylic acids is 2. The lowest BCUT2D eigenvalue weighted by atomic mass is 10.2. The van der Waals surface area contributed by atoms with Gasteiger partial charge in [0.2, 0.25) is 0 Å². The predicted molar refractivity (Wildman–Crippen MR) is 103 cm³/mol. The van der Waals surface area contributed by atoms with Gasteiger partial charge in [-0.1, -0.05) is 24.3 Å². The van der Waals surface area contributed by atoms with Crippen molar-refractivity contribution in [3.05, 3.63) is 72.1 Å². The number of amides is 2. The van der Waals surface area contributed by atoms with Crippen LogP contribution in [-0.2, 0) is 16.2 Å². The molecule has 0 radical (unpaired) electrons. The minimum Gasteiger partial charge on any atom is -0.493 e. The second-order valence-electron chi connectivity index (χ2n) is 5.49. The number of nitrogens with zero attached hydrogens (tertiary/aromatic N) is 1. The Hall–Kier alpha value is -3.68. The number of ether oxygens (including phenoxy) is 2. The maximum absolute atomic E-state index is 13.0. The molecule has 0 saturated carbocycles. The molecule has 0 aliphatic rings. The third-order valence-corrected chi connectivity index (χ3v) is 3.51. The summed E-state index contributed by atoms with van der Waals surface area (Å²) in [4.78, 5) is 23.1. The van der Waals surface area contributed by atoms with Crippen LogP contribution in [0.3, 0.4) is 0 Å². The fourth-order valence-corrected chi connectivity index (χ4v) is 2.14. The van der Waals surface area contributed by atoms with Crippen LogP contribution in [0.2, 0.25) is 0 Å². The molecule has 2 amide bonds. The van der Waals surface area contributed by atoms with Crippen LogP contribution in [0.5, 0.6) is 11.5 Å². The van der Waals surface area contributed by atoms with Crippen molar-refractivity contribution in [3.63, 3.8) is 0 Å². The van der Waals surface area contributed by atoms with Gasteiger partial charge in [0, 0.05) is 12.1 Å². The maximum atomic E-state index is 13.0. The van der Waals surface area contributed by atoms with Crippen molar-refractivity contribution in [1.82, 2.24) is 10.7 Å². The summed E-state index contributed by atoms with van der Waals surface area (Å²) in [7, 11) is 1.49. The number of methoxy groups -OCH3 is 1. The van der Waals surface area contributed by atoms with E-state index in [4.69, 9.17) is 9.47 Å². The Morgan fingerprint density at radius 1 is 1.18 bits per heavy atom. The van der Waals surface area contributed by atoms with Gasteiger partial charge in [-0.3, -0.25) is 9.59 Å². The van der Waals surface area contributed by atoms with Crippen LogP contribution >= 0.6 is 0 Å². The van der Waals surface area contributed by atoms with Crippen LogP contribution in [0.4, 0.5) is 4.39 Å². The number of benzene rings is 2. The third-order valence-electron chi connectivity index (χ3n) is 3.51. The number of carbonyl (C=O) groups is 2. The van der Waals surface area contributed by atoms with Gasteiger partial charge in [-0.25, -0.2) is 9.82 Å². The first-order valence-corrected chi connectivity index (χ1v) is 8.31. The van der Waals surface area contributed by atoms with Crippen LogP contribution in [-0.4, -0.2) is 31.7 Å². The highest BCUT2D eigenvalue weighted by Gasteiger charge is 2.12. The summed E-state index contributed by atoms with van der Waals surface area (Å²) in [5, 5.41) is 6.12. The number of halogens is 1. The molecule has 0 aliphatic carbocycles. The number of hydrogen-bond acceptors (Lipinski definition) is 5. The number of para-hydroxylation sites is 1. The average Bonchev–Trinajstić information content (AvgIpc) is 2.71. The second kappa shape index (κ2) is 10.5. The van der Waals surface area contributed by atoms with Gasteiger partial charge in [-0.15, -0.1) is 6.58 Å². The molecular formula is C20H20FN3O4. The summed E-state index contributed by atoms with van der Waals surface area (Å²) < 4.78 is 24.1. The molecular weight excluding hydrogens is 365 g/mol. The van der Waals surface area contributed by atoms with Crippen molar-refractivity contribution in [1.29, 1.82) is 0 Å². The molecule has 2 aromatic carbocycles. The molecule has 146 valence electrons. The quantitative estimate of drug-likeness (QED) is 0.315. The Bertz CT molecular complexity index is 866. The van der Waals surface area contributed by atoms with E-state index < -0.39 is 11.8 Å². The highest BCUT2D eigenvalue weighted by Crippen LogP contribution is 2.30. The van der Waals surface area contributed by atoms with Gasteiger partial charge < -0.3 is 14.8 Å². The van der Waals surface area contributed by atoms with Crippen LogP contribution in [0.15, 0.2) is 60.2 Å². The minimum absolute atomic E-state index is 0.174. The van der Waals surface area contributed by atoms with Gasteiger partial charge in [-0.05, 0) is 29.8 Å². The standard InChI is InChI=1S/C20H20FN3O4/c1-3-11-22-19(25)20(26)24-23-12-15-5-4-6-17(27-2)18(15)28-13-14-7-9-16(21)10-8-14/h3-10,12H,1,11,13H2,2H3,(H,22,25)(H,24,26)/b23-12-. The summed E-state index contributed by atoms with van der Waals surface area (Å²) in [6.45, 7) is 3.80. The summed E-state index contributed by atoms with van der Waals surface area (Å²) in [6, 6.07) is 11.0. The van der Waals surface area contributed by atoms with Crippen molar-refractivity contribution >= 4 is 18.0 Å². The zero-order valence-electron chi connectivity index (χ0n) is 15.3. The van der Waals surface area contributed by atoms with Crippen molar-refractivity contribution in [3.8, 4) is 11.5 Å². The van der Waals surface area contributed by atoms with Gasteiger partial charge in [0.25, 0.3) is 0 Å². The largest absolute Gasteiger partial charge is 0.493 e. The molecule has 28 heavy (non-hydrogen) atoms. The van der Waals surface area contributed by atoms with Crippen molar-refractivity contribution in [2.45, 2.75) is 6.61 Å². The normalized spacial score (nSPS) is 10.4. The Morgan fingerprint density at radius 2 is 1.93 bits per heavy atom. The smallest absolute Gasteiger partial charge is 0.329 e. The Balaban J connectivity index is 2.09. The number of hydrogen-bond donors (Lipinski definition) is 2. The molecule has 2 rings (SSSR count). The third kappa shape index (κ3) is 5.94. The van der Waals surface area contributed by atoms with E-state index in [0.29, 0.717) is 17.1 Å². The van der Waals surface area contributed by atoms with Crippen LogP contribution in [0, 0.1) is 5.82 Å². The number of rotatable bonds is 8. The molecule has 0 aromatic heterocycles. The SMILES string of the molecule is C=CCNC(=O)C(=O)N/N=C\c1cccc(OC)c1OCc1ccc(F)cc1. The molecule has 0 spiro atoms. The first-order valence-electron chi connectivity index (χ1n) is 8.31. The fraction of sp³-hybridized carbons (Fsp3) is 0.150. The van der Waals surface area contributed by atoms with Gasteiger partial charge in [0.15, 0.2) is 11.5 Å². The van der Waals surface area contributed by atoms with E-state index in [0.717, 1.165) is 5.56 Å². The van der Waals surface area contributed by atoms with E-state index in [9.17, 15) is 14.0 Å². The molecule has 0 atom stereocenters. The summed E-state index contributed by atoms with van der Waals surface area (Å²) in [5.74, 6) is -1.21. The molecule has 0 fully saturated rings. The predicted octanol–water partition coefficient (Wildman–Crippen LogP) is 2.17. The van der Waals surface area contributed by atoms with Crippen LogP contribution in [0.1, 0.15) is 11.1 Å². The van der Waals surface area contributed by atoms with E-state index in [-0.39, 0.29) is 19.0 Å². The Kier molecular flexibility index (Phi) is 7.71. The molecule has 7 nitrogen and oxygen atoms in total. The van der Waals surface area contributed by atoms with E-state index in [1.54, 1.807) is 30.3 Å². The van der Waals surface area contributed by atoms with Gasteiger partial charge >= 0.3 is 11.8 Å². The first-order chi connectivity index (χ1) is 13.5. The lowest BCUT2D eigenvalue weighted by Crippen LogP contribution is -2.37. The molecule has 0 aliphatic heterocycles. The van der Waals surface area contributed by atoms with Crippen molar-refractivity contribution in [2.24, 2.45) is 5.10 Å². The highest BCUT2D eigenvalue weighted by atomic mass is 19.1. The maximum Gasteiger partial charge on any atom is 0.329 e.